The Hall–Kier alpha value is -2.41. The first-order chi connectivity index (χ1) is 9.19. The van der Waals surface area contributed by atoms with E-state index in [-0.39, 0.29) is 18.7 Å². The summed E-state index contributed by atoms with van der Waals surface area (Å²) in [5.74, 6) is 0. The van der Waals surface area contributed by atoms with Gasteiger partial charge >= 0.3 is 6.03 Å². The topological polar surface area (TPSA) is 92.1 Å². The Bertz CT molecular complexity index is 541. The van der Waals surface area contributed by atoms with Crippen LogP contribution in [0.3, 0.4) is 0 Å². The third kappa shape index (κ3) is 3.52. The lowest BCUT2D eigenvalue weighted by atomic mass is 10.3. The maximum Gasteiger partial charge on any atom is 0.319 e. The number of rotatable bonds is 4. The van der Waals surface area contributed by atoms with Gasteiger partial charge < -0.3 is 15.7 Å². The Kier molecular flexibility index (Phi) is 4.09. The Morgan fingerprint density at radius 1 is 1.53 bits per heavy atom. The number of nitrogens with one attached hydrogen (secondary N) is 2. The molecule has 0 saturated heterocycles. The van der Waals surface area contributed by atoms with Crippen LogP contribution in [0.2, 0.25) is 0 Å². The number of hydrogen-bond acceptors (Lipinski definition) is 4. The number of amides is 2. The summed E-state index contributed by atoms with van der Waals surface area (Å²) in [6, 6.07) is 6.55. The van der Waals surface area contributed by atoms with Gasteiger partial charge in [-0.1, -0.05) is 11.3 Å². The molecule has 2 rings (SSSR count). The van der Waals surface area contributed by atoms with E-state index < -0.39 is 0 Å². The van der Waals surface area contributed by atoms with Crippen LogP contribution in [-0.2, 0) is 0 Å². The van der Waals surface area contributed by atoms with Gasteiger partial charge in [0.05, 0.1) is 30.7 Å². The molecule has 1 heterocycles. The SMILES string of the molecule is C[C@@H](CO)NC(=O)Nc1cccc(-n2ccnn2)c1. The summed E-state index contributed by atoms with van der Waals surface area (Å²) in [6.07, 6.45) is 3.29. The van der Waals surface area contributed by atoms with Crippen molar-refractivity contribution in [1.82, 2.24) is 20.3 Å². The standard InChI is InChI=1S/C12H15N5O2/c1-9(8-18)14-12(19)15-10-3-2-4-11(7-10)17-6-5-13-16-17/h2-7,9,18H,8H2,1H3,(H2,14,15,19)/t9-/m0/s1. The molecule has 2 aromatic rings. The monoisotopic (exact) mass is 261 g/mol. The van der Waals surface area contributed by atoms with Crippen molar-refractivity contribution in [2.75, 3.05) is 11.9 Å². The van der Waals surface area contributed by atoms with Crippen LogP contribution in [0.5, 0.6) is 0 Å². The second-order valence-corrected chi connectivity index (χ2v) is 4.08. The van der Waals surface area contributed by atoms with Crippen molar-refractivity contribution in [2.24, 2.45) is 0 Å². The minimum atomic E-state index is -0.364. The molecule has 100 valence electrons. The molecule has 0 bridgehead atoms. The van der Waals surface area contributed by atoms with Crippen LogP contribution in [0.15, 0.2) is 36.7 Å². The molecule has 0 spiro atoms. The highest BCUT2D eigenvalue weighted by molar-refractivity contribution is 5.89. The van der Waals surface area contributed by atoms with Crippen LogP contribution >= 0.6 is 0 Å². The lowest BCUT2D eigenvalue weighted by molar-refractivity contribution is 0.229. The normalized spacial score (nSPS) is 11.9. The van der Waals surface area contributed by atoms with E-state index in [0.717, 1.165) is 5.69 Å². The number of aliphatic hydroxyl groups excluding tert-OH is 1. The molecular formula is C12H15N5O2. The van der Waals surface area contributed by atoms with Gasteiger partial charge in [0, 0.05) is 5.69 Å². The molecule has 0 unspecified atom stereocenters. The molecule has 1 aromatic heterocycles. The summed E-state index contributed by atoms with van der Waals surface area (Å²) in [5.41, 5.74) is 1.43. The number of hydrogen-bond donors (Lipinski definition) is 3. The maximum absolute atomic E-state index is 11.6. The molecule has 0 aliphatic rings. The van der Waals surface area contributed by atoms with Crippen LogP contribution < -0.4 is 10.6 Å². The predicted octanol–water partition coefficient (Wildman–Crippen LogP) is 0.770. The summed E-state index contributed by atoms with van der Waals surface area (Å²) in [7, 11) is 0. The van der Waals surface area contributed by atoms with Crippen LogP contribution in [0.25, 0.3) is 5.69 Å². The number of urea groups is 1. The summed E-state index contributed by atoms with van der Waals surface area (Å²) >= 11 is 0. The average molecular weight is 261 g/mol. The third-order valence-corrected chi connectivity index (χ3v) is 2.44. The minimum absolute atomic E-state index is 0.105. The van der Waals surface area contributed by atoms with Crippen molar-refractivity contribution in [3.05, 3.63) is 36.7 Å². The quantitative estimate of drug-likeness (QED) is 0.758. The van der Waals surface area contributed by atoms with Gasteiger partial charge in [0.1, 0.15) is 0 Å². The Balaban J connectivity index is 2.05. The Labute approximate surface area is 110 Å². The first-order valence-electron chi connectivity index (χ1n) is 5.84. The number of benzene rings is 1. The van der Waals surface area contributed by atoms with Crippen molar-refractivity contribution < 1.29 is 9.90 Å². The van der Waals surface area contributed by atoms with Crippen LogP contribution in [0.4, 0.5) is 10.5 Å². The van der Waals surface area contributed by atoms with Crippen molar-refractivity contribution in [2.45, 2.75) is 13.0 Å². The third-order valence-electron chi connectivity index (χ3n) is 2.44. The molecule has 0 saturated carbocycles. The van der Waals surface area contributed by atoms with Crippen LogP contribution in [0, 0.1) is 0 Å². The molecule has 0 radical (unpaired) electrons. The van der Waals surface area contributed by atoms with E-state index in [0.29, 0.717) is 5.69 Å². The zero-order chi connectivity index (χ0) is 13.7. The van der Waals surface area contributed by atoms with Gasteiger partial charge in [-0.05, 0) is 25.1 Å². The van der Waals surface area contributed by atoms with E-state index in [2.05, 4.69) is 20.9 Å². The minimum Gasteiger partial charge on any atom is -0.394 e. The highest BCUT2D eigenvalue weighted by Gasteiger charge is 2.06. The summed E-state index contributed by atoms with van der Waals surface area (Å²) in [6.45, 7) is 1.61. The van der Waals surface area contributed by atoms with E-state index in [4.69, 9.17) is 5.11 Å². The van der Waals surface area contributed by atoms with Gasteiger partial charge in [0.2, 0.25) is 0 Å². The first kappa shape index (κ1) is 13.0. The lowest BCUT2D eigenvalue weighted by Crippen LogP contribution is -2.38. The number of nitrogens with zero attached hydrogens (tertiary/aromatic N) is 3. The lowest BCUT2D eigenvalue weighted by Gasteiger charge is -2.12. The van der Waals surface area contributed by atoms with E-state index in [1.807, 2.05) is 12.1 Å². The summed E-state index contributed by atoms with van der Waals surface area (Å²) in [4.78, 5) is 11.6. The van der Waals surface area contributed by atoms with E-state index in [1.165, 1.54) is 0 Å². The molecule has 7 heteroatoms. The largest absolute Gasteiger partial charge is 0.394 e. The van der Waals surface area contributed by atoms with E-state index in [9.17, 15) is 4.79 Å². The number of carbonyl (C=O) groups excluding carboxylic acids is 1. The second-order valence-electron chi connectivity index (χ2n) is 4.08. The van der Waals surface area contributed by atoms with Gasteiger partial charge in [-0.25, -0.2) is 9.48 Å². The zero-order valence-electron chi connectivity index (χ0n) is 10.4. The van der Waals surface area contributed by atoms with Crippen molar-refractivity contribution >= 4 is 11.7 Å². The average Bonchev–Trinajstić information content (AvgIpc) is 2.92. The smallest absolute Gasteiger partial charge is 0.319 e. The molecule has 0 aliphatic carbocycles. The Morgan fingerprint density at radius 3 is 3.05 bits per heavy atom. The summed E-state index contributed by atoms with van der Waals surface area (Å²) < 4.78 is 1.60. The number of aliphatic hydroxyl groups is 1. The Morgan fingerprint density at radius 2 is 2.37 bits per heavy atom. The molecule has 0 aliphatic heterocycles. The summed E-state index contributed by atoms with van der Waals surface area (Å²) in [5, 5.41) is 21.7. The molecule has 7 nitrogen and oxygen atoms in total. The second kappa shape index (κ2) is 5.96. The number of carbonyl (C=O) groups is 1. The maximum atomic E-state index is 11.6. The fourth-order valence-electron chi connectivity index (χ4n) is 1.51. The molecule has 0 fully saturated rings. The van der Waals surface area contributed by atoms with Crippen molar-refractivity contribution in [3.8, 4) is 5.69 Å². The zero-order valence-corrected chi connectivity index (χ0v) is 10.4. The van der Waals surface area contributed by atoms with Gasteiger partial charge in [0.15, 0.2) is 0 Å². The van der Waals surface area contributed by atoms with E-state index >= 15 is 0 Å². The van der Waals surface area contributed by atoms with E-state index in [1.54, 1.807) is 36.1 Å². The van der Waals surface area contributed by atoms with Gasteiger partial charge in [0.25, 0.3) is 0 Å². The predicted molar refractivity (Wildman–Crippen MR) is 70.1 cm³/mol. The van der Waals surface area contributed by atoms with Gasteiger partial charge in [-0.15, -0.1) is 5.10 Å². The van der Waals surface area contributed by atoms with Crippen molar-refractivity contribution in [1.29, 1.82) is 0 Å². The van der Waals surface area contributed by atoms with Crippen LogP contribution in [-0.4, -0.2) is 38.8 Å². The van der Waals surface area contributed by atoms with Crippen molar-refractivity contribution in [3.63, 3.8) is 0 Å². The number of aromatic nitrogens is 3. The highest BCUT2D eigenvalue weighted by Crippen LogP contribution is 2.13. The molecule has 2 amide bonds. The molecule has 3 N–H and O–H groups in total. The molecule has 19 heavy (non-hydrogen) atoms. The first-order valence-corrected chi connectivity index (χ1v) is 5.84. The molecule has 1 atom stereocenters. The number of anilines is 1. The van der Waals surface area contributed by atoms with Gasteiger partial charge in [-0.2, -0.15) is 0 Å². The van der Waals surface area contributed by atoms with Crippen LogP contribution in [0.1, 0.15) is 6.92 Å². The fraction of sp³-hybridized carbons (Fsp3) is 0.250. The van der Waals surface area contributed by atoms with Gasteiger partial charge in [-0.3, -0.25) is 0 Å². The highest BCUT2D eigenvalue weighted by atomic mass is 16.3. The molecular weight excluding hydrogens is 246 g/mol. The molecule has 1 aromatic carbocycles. The fourth-order valence-corrected chi connectivity index (χ4v) is 1.51.